The van der Waals surface area contributed by atoms with Gasteiger partial charge in [-0.3, -0.25) is 4.79 Å². The lowest BCUT2D eigenvalue weighted by Gasteiger charge is -2.37. The maximum Gasteiger partial charge on any atom is 0.148 e. The minimum atomic E-state index is -0.240. The van der Waals surface area contributed by atoms with Gasteiger partial charge in [0.2, 0.25) is 0 Å². The molecule has 1 aliphatic carbocycles. The van der Waals surface area contributed by atoms with Gasteiger partial charge >= 0.3 is 0 Å². The molecule has 0 spiro atoms. The molecular weight excluding hydrogens is 208 g/mol. The van der Waals surface area contributed by atoms with Gasteiger partial charge in [-0.1, -0.05) is 39.0 Å². The summed E-state index contributed by atoms with van der Waals surface area (Å²) in [6.45, 7) is 9.86. The van der Waals surface area contributed by atoms with Crippen LogP contribution in [0.25, 0.3) is 0 Å². The fourth-order valence-corrected chi connectivity index (χ4v) is 2.75. The van der Waals surface area contributed by atoms with Crippen molar-refractivity contribution in [2.45, 2.75) is 59.3 Å². The first-order valence-corrected chi connectivity index (χ1v) is 6.76. The lowest BCUT2D eigenvalue weighted by atomic mass is 9.65. The topological polar surface area (TPSA) is 17.1 Å². The molecule has 0 bridgehead atoms. The van der Waals surface area contributed by atoms with Crippen molar-refractivity contribution in [3.8, 4) is 0 Å². The van der Waals surface area contributed by atoms with Gasteiger partial charge in [0.1, 0.15) is 5.78 Å². The quantitative estimate of drug-likeness (QED) is 0.498. The van der Waals surface area contributed by atoms with Crippen molar-refractivity contribution in [3.05, 3.63) is 24.8 Å². The molecule has 0 N–H and O–H groups in total. The van der Waals surface area contributed by atoms with Crippen LogP contribution in [0.3, 0.4) is 0 Å². The van der Waals surface area contributed by atoms with E-state index in [0.717, 1.165) is 38.5 Å². The zero-order valence-corrected chi connectivity index (χ0v) is 11.6. The van der Waals surface area contributed by atoms with Gasteiger partial charge in [0, 0.05) is 10.8 Å². The molecule has 1 atom stereocenters. The zero-order valence-electron chi connectivity index (χ0n) is 11.6. The third kappa shape index (κ3) is 3.55. The fraction of sp³-hybridized carbons (Fsp3) is 0.688. The van der Waals surface area contributed by atoms with Gasteiger partial charge in [-0.05, 0) is 38.5 Å². The summed E-state index contributed by atoms with van der Waals surface area (Å²) < 4.78 is 0. The molecule has 96 valence electrons. The van der Waals surface area contributed by atoms with Crippen LogP contribution in [0.2, 0.25) is 0 Å². The van der Waals surface area contributed by atoms with Gasteiger partial charge in [0.15, 0.2) is 0 Å². The Bertz CT molecular complexity index is 306. The first-order valence-electron chi connectivity index (χ1n) is 6.76. The Morgan fingerprint density at radius 1 is 1.47 bits per heavy atom. The number of allylic oxidation sites excluding steroid dienone is 3. The van der Waals surface area contributed by atoms with Crippen LogP contribution in [0.1, 0.15) is 59.3 Å². The molecule has 1 heteroatoms. The highest BCUT2D eigenvalue weighted by Crippen LogP contribution is 2.42. The highest BCUT2D eigenvalue weighted by atomic mass is 16.1. The molecule has 1 rings (SSSR count). The standard InChI is InChI=1S/C16H26O/c1-5-6-8-11-16(12-9-7-10-13-16)14(17)15(2,3)4/h5,9,12H,1,6-8,10-11,13H2,2-4H3. The molecule has 0 radical (unpaired) electrons. The number of hydrogen-bond acceptors (Lipinski definition) is 1. The molecule has 0 aromatic rings. The Labute approximate surface area is 106 Å². The van der Waals surface area contributed by atoms with E-state index in [1.165, 1.54) is 0 Å². The van der Waals surface area contributed by atoms with Crippen LogP contribution in [-0.4, -0.2) is 5.78 Å². The van der Waals surface area contributed by atoms with Crippen LogP contribution < -0.4 is 0 Å². The second kappa shape index (κ2) is 5.66. The number of Topliss-reactive ketones (excluding diaryl/α,β-unsaturated/α-hetero) is 1. The van der Waals surface area contributed by atoms with Crippen molar-refractivity contribution in [2.75, 3.05) is 0 Å². The molecule has 0 aliphatic heterocycles. The first-order chi connectivity index (χ1) is 7.92. The van der Waals surface area contributed by atoms with Gasteiger partial charge in [-0.15, -0.1) is 6.58 Å². The number of ketones is 1. The molecule has 0 aromatic carbocycles. The lowest BCUT2D eigenvalue weighted by Crippen LogP contribution is -2.39. The fourth-order valence-electron chi connectivity index (χ4n) is 2.75. The second-order valence-corrected chi connectivity index (χ2v) is 6.21. The average molecular weight is 234 g/mol. The summed E-state index contributed by atoms with van der Waals surface area (Å²) in [6, 6.07) is 0. The minimum absolute atomic E-state index is 0.195. The van der Waals surface area contributed by atoms with E-state index < -0.39 is 0 Å². The summed E-state index contributed by atoms with van der Waals surface area (Å²) in [4.78, 5) is 12.7. The smallest absolute Gasteiger partial charge is 0.148 e. The summed E-state index contributed by atoms with van der Waals surface area (Å²) >= 11 is 0. The molecular formula is C16H26O. The number of carbonyl (C=O) groups is 1. The summed E-state index contributed by atoms with van der Waals surface area (Å²) in [6.07, 6.45) is 12.7. The first kappa shape index (κ1) is 14.2. The molecule has 1 unspecified atom stereocenters. The van der Waals surface area contributed by atoms with E-state index in [9.17, 15) is 4.79 Å². The van der Waals surface area contributed by atoms with Gasteiger partial charge in [0.05, 0.1) is 0 Å². The molecule has 1 nitrogen and oxygen atoms in total. The van der Waals surface area contributed by atoms with Crippen molar-refractivity contribution in [1.82, 2.24) is 0 Å². The summed E-state index contributed by atoms with van der Waals surface area (Å²) in [7, 11) is 0. The van der Waals surface area contributed by atoms with E-state index in [0.29, 0.717) is 5.78 Å². The monoisotopic (exact) mass is 234 g/mol. The predicted molar refractivity (Wildman–Crippen MR) is 73.9 cm³/mol. The van der Waals surface area contributed by atoms with Crippen LogP contribution in [0.15, 0.2) is 24.8 Å². The molecule has 17 heavy (non-hydrogen) atoms. The van der Waals surface area contributed by atoms with Crippen molar-refractivity contribution >= 4 is 5.78 Å². The molecule has 0 aromatic heterocycles. The normalized spacial score (nSPS) is 24.6. The molecule has 0 fully saturated rings. The highest BCUT2D eigenvalue weighted by Gasteiger charge is 2.41. The minimum Gasteiger partial charge on any atom is -0.298 e. The van der Waals surface area contributed by atoms with E-state index in [-0.39, 0.29) is 10.8 Å². The largest absolute Gasteiger partial charge is 0.298 e. The van der Waals surface area contributed by atoms with Gasteiger partial charge in [-0.2, -0.15) is 0 Å². The third-order valence-electron chi connectivity index (χ3n) is 3.60. The zero-order chi connectivity index (χ0) is 12.9. The van der Waals surface area contributed by atoms with E-state index in [4.69, 9.17) is 0 Å². The molecule has 0 saturated carbocycles. The summed E-state index contributed by atoms with van der Waals surface area (Å²) in [5.74, 6) is 0.407. The Kier molecular flexibility index (Phi) is 4.73. The number of carbonyl (C=O) groups excluding carboxylic acids is 1. The number of rotatable bonds is 5. The van der Waals surface area contributed by atoms with Gasteiger partial charge in [0.25, 0.3) is 0 Å². The maximum absolute atomic E-state index is 12.7. The van der Waals surface area contributed by atoms with Crippen molar-refractivity contribution < 1.29 is 4.79 Å². The number of unbranched alkanes of at least 4 members (excludes halogenated alkanes) is 1. The Morgan fingerprint density at radius 2 is 2.18 bits per heavy atom. The van der Waals surface area contributed by atoms with Crippen LogP contribution >= 0.6 is 0 Å². The van der Waals surface area contributed by atoms with E-state index in [1.807, 2.05) is 26.8 Å². The molecule has 0 saturated heterocycles. The van der Waals surface area contributed by atoms with E-state index >= 15 is 0 Å². The average Bonchev–Trinajstić information content (AvgIpc) is 2.28. The summed E-state index contributed by atoms with van der Waals surface area (Å²) in [5.41, 5.74) is -0.435. The van der Waals surface area contributed by atoms with Crippen LogP contribution in [0, 0.1) is 10.8 Å². The van der Waals surface area contributed by atoms with Crippen molar-refractivity contribution in [1.29, 1.82) is 0 Å². The van der Waals surface area contributed by atoms with E-state index in [2.05, 4.69) is 18.7 Å². The Hall–Kier alpha value is -0.850. The Balaban J connectivity index is 2.86. The third-order valence-corrected chi connectivity index (χ3v) is 3.60. The Morgan fingerprint density at radius 3 is 2.65 bits per heavy atom. The number of hydrogen-bond donors (Lipinski definition) is 0. The van der Waals surface area contributed by atoms with Gasteiger partial charge < -0.3 is 0 Å². The predicted octanol–water partition coefficient (Wildman–Crippen LogP) is 4.68. The SMILES string of the molecule is C=CCCCC1(C(=O)C(C)(C)C)C=CCCC1. The second-order valence-electron chi connectivity index (χ2n) is 6.21. The molecule has 0 heterocycles. The van der Waals surface area contributed by atoms with Crippen LogP contribution in [-0.2, 0) is 4.79 Å². The van der Waals surface area contributed by atoms with Crippen LogP contribution in [0.4, 0.5) is 0 Å². The highest BCUT2D eigenvalue weighted by molar-refractivity contribution is 5.91. The molecule has 0 amide bonds. The molecule has 1 aliphatic rings. The maximum atomic E-state index is 12.7. The van der Waals surface area contributed by atoms with Crippen molar-refractivity contribution in [3.63, 3.8) is 0 Å². The van der Waals surface area contributed by atoms with Gasteiger partial charge in [-0.25, -0.2) is 0 Å². The van der Waals surface area contributed by atoms with Crippen molar-refractivity contribution in [2.24, 2.45) is 10.8 Å². The van der Waals surface area contributed by atoms with E-state index in [1.54, 1.807) is 0 Å². The van der Waals surface area contributed by atoms with Crippen LogP contribution in [0.5, 0.6) is 0 Å². The summed E-state index contributed by atoms with van der Waals surface area (Å²) in [5, 5.41) is 0. The lowest BCUT2D eigenvalue weighted by molar-refractivity contribution is -0.135.